The molecule has 4 nitrogen and oxygen atoms in total. The molecule has 0 saturated heterocycles. The van der Waals surface area contributed by atoms with Crippen molar-refractivity contribution in [3.05, 3.63) is 23.8 Å². The highest BCUT2D eigenvalue weighted by Crippen LogP contribution is 2.30. The fourth-order valence-corrected chi connectivity index (χ4v) is 1.88. The molecular weight excluding hydrogens is 216 g/mol. The summed E-state index contributed by atoms with van der Waals surface area (Å²) in [6, 6.07) is 5.98. The topological polar surface area (TPSA) is 67.5 Å². The molecule has 0 aliphatic carbocycles. The number of anilines is 1. The summed E-state index contributed by atoms with van der Waals surface area (Å²) in [5.41, 5.74) is 7.07. The molecule has 0 saturated carbocycles. The molecule has 0 aromatic heterocycles. The summed E-state index contributed by atoms with van der Waals surface area (Å²) in [6.07, 6.45) is 0.971. The molecule has 1 unspecified atom stereocenters. The van der Waals surface area contributed by atoms with Crippen LogP contribution in [-0.2, 0) is 6.42 Å². The first-order valence-electron chi connectivity index (χ1n) is 5.94. The Kier molecular flexibility index (Phi) is 3.26. The van der Waals surface area contributed by atoms with E-state index in [1.54, 1.807) is 13.8 Å². The predicted octanol–water partition coefficient (Wildman–Crippen LogP) is 1.13. The molecule has 0 radical (unpaired) electrons. The third-order valence-electron chi connectivity index (χ3n) is 2.79. The largest absolute Gasteiger partial charge is 0.488 e. The third kappa shape index (κ3) is 3.11. The average molecular weight is 236 g/mol. The van der Waals surface area contributed by atoms with Crippen molar-refractivity contribution in [2.45, 2.75) is 32.0 Å². The molecule has 2 rings (SSSR count). The Bertz CT molecular complexity index is 399. The minimum Gasteiger partial charge on any atom is -0.488 e. The lowest BCUT2D eigenvalue weighted by molar-refractivity contribution is 0.0945. The molecule has 1 atom stereocenters. The Morgan fingerprint density at radius 3 is 2.94 bits per heavy atom. The van der Waals surface area contributed by atoms with E-state index in [1.807, 2.05) is 12.1 Å². The lowest BCUT2D eigenvalue weighted by atomic mass is 10.1. The van der Waals surface area contributed by atoms with Crippen molar-refractivity contribution < 1.29 is 9.84 Å². The molecule has 1 aliphatic heterocycles. The summed E-state index contributed by atoms with van der Waals surface area (Å²) in [6.45, 7) is 4.62. The van der Waals surface area contributed by atoms with Gasteiger partial charge in [-0.2, -0.15) is 0 Å². The Morgan fingerprint density at radius 2 is 2.29 bits per heavy atom. The smallest absolute Gasteiger partial charge is 0.123 e. The van der Waals surface area contributed by atoms with Gasteiger partial charge in [0.2, 0.25) is 0 Å². The summed E-state index contributed by atoms with van der Waals surface area (Å²) < 4.78 is 5.65. The van der Waals surface area contributed by atoms with Crippen LogP contribution in [0.1, 0.15) is 19.4 Å². The molecule has 0 amide bonds. The van der Waals surface area contributed by atoms with E-state index in [9.17, 15) is 5.11 Å². The summed E-state index contributed by atoms with van der Waals surface area (Å²) in [5.74, 6) is 0.925. The van der Waals surface area contributed by atoms with Crippen LogP contribution in [0.5, 0.6) is 5.75 Å². The van der Waals surface area contributed by atoms with Gasteiger partial charge in [-0.3, -0.25) is 0 Å². The van der Waals surface area contributed by atoms with Gasteiger partial charge in [0, 0.05) is 25.2 Å². The van der Waals surface area contributed by atoms with E-state index < -0.39 is 5.60 Å². The predicted molar refractivity (Wildman–Crippen MR) is 68.4 cm³/mol. The van der Waals surface area contributed by atoms with Gasteiger partial charge in [0.05, 0.1) is 5.60 Å². The molecule has 0 bridgehead atoms. The monoisotopic (exact) mass is 236 g/mol. The molecule has 1 aromatic rings. The highest BCUT2D eigenvalue weighted by molar-refractivity contribution is 5.53. The molecule has 1 aromatic carbocycles. The number of hydrogen-bond acceptors (Lipinski definition) is 4. The number of benzene rings is 1. The van der Waals surface area contributed by atoms with Gasteiger partial charge < -0.3 is 20.9 Å². The van der Waals surface area contributed by atoms with Gasteiger partial charge in [-0.05, 0) is 37.6 Å². The van der Waals surface area contributed by atoms with Crippen LogP contribution in [-0.4, -0.2) is 29.9 Å². The van der Waals surface area contributed by atoms with E-state index in [0.717, 1.165) is 17.9 Å². The van der Waals surface area contributed by atoms with Crippen molar-refractivity contribution in [3.8, 4) is 5.75 Å². The molecule has 4 N–H and O–H groups in total. The molecule has 94 valence electrons. The number of fused-ring (bicyclic) bond motifs is 1. The first-order chi connectivity index (χ1) is 7.98. The average Bonchev–Trinajstić information content (AvgIpc) is 2.67. The number of aliphatic hydroxyl groups is 1. The van der Waals surface area contributed by atoms with Crippen LogP contribution < -0.4 is 15.8 Å². The van der Waals surface area contributed by atoms with Crippen molar-refractivity contribution in [2.75, 3.05) is 18.4 Å². The summed E-state index contributed by atoms with van der Waals surface area (Å²) in [5, 5.41) is 12.9. The standard InChI is InChI=1S/C13H20N2O2/c1-13(2,16)8-15-10-3-4-12-9(5-10)6-11(7-14)17-12/h3-5,11,15-16H,6-8,14H2,1-2H3. The van der Waals surface area contributed by atoms with E-state index in [4.69, 9.17) is 10.5 Å². The van der Waals surface area contributed by atoms with Crippen LogP contribution in [0.3, 0.4) is 0 Å². The Labute approximate surface area is 102 Å². The van der Waals surface area contributed by atoms with E-state index in [1.165, 1.54) is 5.56 Å². The molecule has 1 heterocycles. The third-order valence-corrected chi connectivity index (χ3v) is 2.79. The fraction of sp³-hybridized carbons (Fsp3) is 0.538. The van der Waals surface area contributed by atoms with E-state index in [2.05, 4.69) is 11.4 Å². The molecule has 1 aliphatic rings. The van der Waals surface area contributed by atoms with Gasteiger partial charge in [0.25, 0.3) is 0 Å². The summed E-state index contributed by atoms with van der Waals surface area (Å²) in [7, 11) is 0. The van der Waals surface area contributed by atoms with Crippen molar-refractivity contribution in [1.82, 2.24) is 0 Å². The van der Waals surface area contributed by atoms with Crippen molar-refractivity contribution >= 4 is 5.69 Å². The summed E-state index contributed by atoms with van der Waals surface area (Å²) in [4.78, 5) is 0. The maximum absolute atomic E-state index is 9.65. The van der Waals surface area contributed by atoms with Gasteiger partial charge in [0.1, 0.15) is 11.9 Å². The van der Waals surface area contributed by atoms with Crippen LogP contribution in [0.2, 0.25) is 0 Å². The minimum atomic E-state index is -0.713. The van der Waals surface area contributed by atoms with Gasteiger partial charge in [-0.1, -0.05) is 0 Å². The Morgan fingerprint density at radius 1 is 1.53 bits per heavy atom. The second-order valence-electron chi connectivity index (χ2n) is 5.17. The zero-order valence-corrected chi connectivity index (χ0v) is 10.4. The van der Waals surface area contributed by atoms with E-state index in [-0.39, 0.29) is 6.10 Å². The number of hydrogen-bond donors (Lipinski definition) is 3. The second-order valence-corrected chi connectivity index (χ2v) is 5.17. The highest BCUT2D eigenvalue weighted by Gasteiger charge is 2.21. The number of ether oxygens (including phenoxy) is 1. The lowest BCUT2D eigenvalue weighted by Crippen LogP contribution is -2.29. The first kappa shape index (κ1) is 12.2. The number of nitrogens with two attached hydrogens (primary N) is 1. The van der Waals surface area contributed by atoms with Crippen molar-refractivity contribution in [2.24, 2.45) is 5.73 Å². The summed E-state index contributed by atoms with van der Waals surface area (Å²) >= 11 is 0. The van der Waals surface area contributed by atoms with Crippen LogP contribution in [0.15, 0.2) is 18.2 Å². The van der Waals surface area contributed by atoms with E-state index >= 15 is 0 Å². The zero-order valence-electron chi connectivity index (χ0n) is 10.4. The van der Waals surface area contributed by atoms with Crippen molar-refractivity contribution in [1.29, 1.82) is 0 Å². The Balaban J connectivity index is 2.03. The molecular formula is C13H20N2O2. The fourth-order valence-electron chi connectivity index (χ4n) is 1.88. The quantitative estimate of drug-likeness (QED) is 0.733. The van der Waals surface area contributed by atoms with Crippen LogP contribution in [0, 0.1) is 0 Å². The molecule has 17 heavy (non-hydrogen) atoms. The maximum Gasteiger partial charge on any atom is 0.123 e. The number of rotatable bonds is 4. The maximum atomic E-state index is 9.65. The van der Waals surface area contributed by atoms with Gasteiger partial charge in [0.15, 0.2) is 0 Å². The molecule has 4 heteroatoms. The second kappa shape index (κ2) is 4.55. The van der Waals surface area contributed by atoms with Gasteiger partial charge >= 0.3 is 0 Å². The van der Waals surface area contributed by atoms with Crippen molar-refractivity contribution in [3.63, 3.8) is 0 Å². The van der Waals surface area contributed by atoms with Crippen LogP contribution in [0.4, 0.5) is 5.69 Å². The SMILES string of the molecule is CC(C)(O)CNc1ccc2c(c1)CC(CN)O2. The normalized spacial score (nSPS) is 18.7. The van der Waals surface area contributed by atoms with Gasteiger partial charge in [-0.15, -0.1) is 0 Å². The van der Waals surface area contributed by atoms with E-state index in [0.29, 0.717) is 13.1 Å². The highest BCUT2D eigenvalue weighted by atomic mass is 16.5. The van der Waals surface area contributed by atoms with Crippen LogP contribution in [0.25, 0.3) is 0 Å². The van der Waals surface area contributed by atoms with Crippen LogP contribution >= 0.6 is 0 Å². The van der Waals surface area contributed by atoms with Gasteiger partial charge in [-0.25, -0.2) is 0 Å². The lowest BCUT2D eigenvalue weighted by Gasteiger charge is -2.18. The number of nitrogens with one attached hydrogen (secondary N) is 1. The zero-order chi connectivity index (χ0) is 12.5. The first-order valence-corrected chi connectivity index (χ1v) is 5.94. The minimum absolute atomic E-state index is 0.106. The Hall–Kier alpha value is -1.26. The molecule has 0 fully saturated rings. The molecule has 0 spiro atoms.